The average molecular weight is 259 g/mol. The molecule has 18 heavy (non-hydrogen) atoms. The Hall–Kier alpha value is -1.53. The van der Waals surface area contributed by atoms with E-state index in [0.717, 1.165) is 0 Å². The summed E-state index contributed by atoms with van der Waals surface area (Å²) in [6, 6.07) is 5.57. The normalized spacial score (nSPS) is 11.2. The highest BCUT2D eigenvalue weighted by Gasteiger charge is 2.16. The summed E-state index contributed by atoms with van der Waals surface area (Å²) in [5, 5.41) is 17.8. The molecule has 2 N–H and O–H groups in total. The summed E-state index contributed by atoms with van der Waals surface area (Å²) in [5.41, 5.74) is 0.338. The molecule has 0 atom stereocenters. The molecule has 0 aromatic heterocycles. The number of alkyl halides is 2. The van der Waals surface area contributed by atoms with Crippen LogP contribution in [-0.4, -0.2) is 53.6 Å². The number of carbonyl (C=O) groups is 1. The Bertz CT molecular complexity index is 381. The molecule has 0 aliphatic carbocycles. The second-order valence-corrected chi connectivity index (χ2v) is 3.82. The fraction of sp³-hybridized carbons (Fsp3) is 0.417. The number of phenolic OH excluding ortho intramolecular Hbond substituents is 1. The number of rotatable bonds is 7. The van der Waals surface area contributed by atoms with Gasteiger partial charge in [0.1, 0.15) is 5.75 Å². The van der Waals surface area contributed by atoms with E-state index in [1.165, 1.54) is 29.2 Å². The van der Waals surface area contributed by atoms with Gasteiger partial charge < -0.3 is 10.2 Å². The van der Waals surface area contributed by atoms with Gasteiger partial charge in [-0.05, 0) is 24.3 Å². The van der Waals surface area contributed by atoms with Gasteiger partial charge in [0.2, 0.25) is 0 Å². The van der Waals surface area contributed by atoms with E-state index in [2.05, 4.69) is 0 Å². The van der Waals surface area contributed by atoms with Crippen molar-refractivity contribution >= 4 is 5.78 Å². The number of benzene rings is 1. The molecule has 0 aliphatic heterocycles. The first kappa shape index (κ1) is 14.5. The molecule has 0 bridgehead atoms. The first-order valence-electron chi connectivity index (χ1n) is 5.46. The Morgan fingerprint density at radius 3 is 2.39 bits per heavy atom. The van der Waals surface area contributed by atoms with Gasteiger partial charge in [0.25, 0.3) is 6.43 Å². The first-order chi connectivity index (χ1) is 8.52. The third-order valence-corrected chi connectivity index (χ3v) is 2.37. The number of nitrogens with zero attached hydrogens (tertiary/aromatic N) is 1. The third-order valence-electron chi connectivity index (χ3n) is 2.37. The summed E-state index contributed by atoms with van der Waals surface area (Å²) in [4.78, 5) is 13.0. The summed E-state index contributed by atoms with van der Waals surface area (Å²) in [6.07, 6.45) is -2.55. The van der Waals surface area contributed by atoms with Gasteiger partial charge in [-0.2, -0.15) is 0 Å². The molecule has 0 radical (unpaired) electrons. The van der Waals surface area contributed by atoms with Crippen molar-refractivity contribution in [2.24, 2.45) is 0 Å². The van der Waals surface area contributed by atoms with E-state index in [9.17, 15) is 13.6 Å². The van der Waals surface area contributed by atoms with E-state index in [1.807, 2.05) is 0 Å². The molecule has 0 unspecified atom stereocenters. The number of carbonyl (C=O) groups excluding carboxylic acids is 1. The molecule has 0 amide bonds. The number of ketones is 1. The Kier molecular flexibility index (Phi) is 5.67. The van der Waals surface area contributed by atoms with E-state index < -0.39 is 13.0 Å². The lowest BCUT2D eigenvalue weighted by atomic mass is 10.1. The molecule has 6 heteroatoms. The molecule has 0 spiro atoms. The Labute approximate surface area is 103 Å². The highest BCUT2D eigenvalue weighted by atomic mass is 19.3. The lowest BCUT2D eigenvalue weighted by Gasteiger charge is -2.19. The summed E-state index contributed by atoms with van der Waals surface area (Å²) < 4.78 is 24.5. The minimum atomic E-state index is -2.55. The predicted molar refractivity (Wildman–Crippen MR) is 62.0 cm³/mol. The van der Waals surface area contributed by atoms with Crippen molar-refractivity contribution in [2.75, 3.05) is 26.2 Å². The van der Waals surface area contributed by atoms with E-state index in [1.54, 1.807) is 0 Å². The minimum absolute atomic E-state index is 0.0220. The number of hydrogen-bond acceptors (Lipinski definition) is 4. The summed E-state index contributed by atoms with van der Waals surface area (Å²) >= 11 is 0. The van der Waals surface area contributed by atoms with Crippen molar-refractivity contribution in [1.82, 2.24) is 4.90 Å². The van der Waals surface area contributed by atoms with E-state index in [0.29, 0.717) is 5.56 Å². The molecule has 0 heterocycles. The quantitative estimate of drug-likeness (QED) is 0.721. The molecular formula is C12H15F2NO3. The van der Waals surface area contributed by atoms with Gasteiger partial charge in [-0.3, -0.25) is 9.69 Å². The van der Waals surface area contributed by atoms with Crippen LogP contribution in [-0.2, 0) is 0 Å². The molecule has 1 aromatic rings. The van der Waals surface area contributed by atoms with Gasteiger partial charge in [0.15, 0.2) is 5.78 Å². The van der Waals surface area contributed by atoms with Crippen LogP contribution in [0.4, 0.5) is 8.78 Å². The van der Waals surface area contributed by atoms with Crippen LogP contribution in [0.5, 0.6) is 5.75 Å². The van der Waals surface area contributed by atoms with Crippen molar-refractivity contribution in [2.45, 2.75) is 6.43 Å². The standard InChI is InChI=1S/C12H15F2NO3/c13-12(14)8-15(5-6-16)7-11(18)9-1-3-10(17)4-2-9/h1-4,12,16-17H,5-8H2. The molecule has 0 fully saturated rings. The molecule has 100 valence electrons. The zero-order valence-electron chi connectivity index (χ0n) is 9.72. The third kappa shape index (κ3) is 4.77. The van der Waals surface area contributed by atoms with Gasteiger partial charge in [-0.25, -0.2) is 8.78 Å². The molecule has 0 saturated carbocycles. The second-order valence-electron chi connectivity index (χ2n) is 3.82. The molecule has 0 aliphatic rings. The van der Waals surface area contributed by atoms with E-state index in [-0.39, 0.29) is 31.2 Å². The fourth-order valence-corrected chi connectivity index (χ4v) is 1.51. The van der Waals surface area contributed by atoms with Crippen molar-refractivity contribution in [3.63, 3.8) is 0 Å². The predicted octanol–water partition coefficient (Wildman–Crippen LogP) is 1.13. The summed E-state index contributed by atoms with van der Waals surface area (Å²) in [5.74, 6) is -0.296. The minimum Gasteiger partial charge on any atom is -0.508 e. The Balaban J connectivity index is 2.62. The van der Waals surface area contributed by atoms with Gasteiger partial charge in [-0.15, -0.1) is 0 Å². The number of Topliss-reactive ketones (excluding diaryl/α,β-unsaturated/α-hetero) is 1. The number of aromatic hydroxyl groups is 1. The maximum absolute atomic E-state index is 12.2. The topological polar surface area (TPSA) is 60.8 Å². The van der Waals surface area contributed by atoms with Crippen LogP contribution in [0.25, 0.3) is 0 Å². The molecule has 4 nitrogen and oxygen atoms in total. The molecule has 1 aromatic carbocycles. The summed E-state index contributed by atoms with van der Waals surface area (Å²) in [7, 11) is 0. The fourth-order valence-electron chi connectivity index (χ4n) is 1.51. The van der Waals surface area contributed by atoms with Crippen LogP contribution in [0.3, 0.4) is 0 Å². The van der Waals surface area contributed by atoms with Gasteiger partial charge in [0.05, 0.1) is 19.7 Å². The smallest absolute Gasteiger partial charge is 0.251 e. The number of hydrogen-bond donors (Lipinski definition) is 2. The van der Waals surface area contributed by atoms with Crippen LogP contribution < -0.4 is 0 Å². The SMILES string of the molecule is O=C(CN(CCO)CC(F)F)c1ccc(O)cc1. The van der Waals surface area contributed by atoms with Crippen LogP contribution >= 0.6 is 0 Å². The highest BCUT2D eigenvalue weighted by molar-refractivity contribution is 5.97. The number of halogens is 2. The molecule has 1 rings (SSSR count). The van der Waals surface area contributed by atoms with Gasteiger partial charge in [-0.1, -0.05) is 0 Å². The second kappa shape index (κ2) is 7.03. The average Bonchev–Trinajstić information content (AvgIpc) is 2.29. The maximum Gasteiger partial charge on any atom is 0.251 e. The van der Waals surface area contributed by atoms with Gasteiger partial charge in [0, 0.05) is 12.1 Å². The van der Waals surface area contributed by atoms with Gasteiger partial charge >= 0.3 is 0 Å². The van der Waals surface area contributed by atoms with Crippen molar-refractivity contribution < 1.29 is 23.8 Å². The van der Waals surface area contributed by atoms with Crippen molar-refractivity contribution in [3.05, 3.63) is 29.8 Å². The van der Waals surface area contributed by atoms with Crippen LogP contribution in [0.1, 0.15) is 10.4 Å². The number of phenols is 1. The van der Waals surface area contributed by atoms with Crippen LogP contribution in [0.15, 0.2) is 24.3 Å². The summed E-state index contributed by atoms with van der Waals surface area (Å²) in [6.45, 7) is -0.996. The van der Waals surface area contributed by atoms with Crippen molar-refractivity contribution in [1.29, 1.82) is 0 Å². The number of aliphatic hydroxyl groups is 1. The lowest BCUT2D eigenvalue weighted by Crippen LogP contribution is -2.36. The number of aliphatic hydroxyl groups excluding tert-OH is 1. The highest BCUT2D eigenvalue weighted by Crippen LogP contribution is 2.11. The van der Waals surface area contributed by atoms with Crippen LogP contribution in [0, 0.1) is 0 Å². The molecular weight excluding hydrogens is 244 g/mol. The van der Waals surface area contributed by atoms with E-state index >= 15 is 0 Å². The zero-order valence-corrected chi connectivity index (χ0v) is 9.72. The molecule has 0 saturated heterocycles. The Morgan fingerprint density at radius 2 is 1.89 bits per heavy atom. The maximum atomic E-state index is 12.2. The Morgan fingerprint density at radius 1 is 1.28 bits per heavy atom. The van der Waals surface area contributed by atoms with Crippen molar-refractivity contribution in [3.8, 4) is 5.75 Å². The first-order valence-corrected chi connectivity index (χ1v) is 5.46. The van der Waals surface area contributed by atoms with Crippen LogP contribution in [0.2, 0.25) is 0 Å². The van der Waals surface area contributed by atoms with E-state index in [4.69, 9.17) is 10.2 Å². The zero-order chi connectivity index (χ0) is 13.5. The lowest BCUT2D eigenvalue weighted by molar-refractivity contribution is 0.0689. The largest absolute Gasteiger partial charge is 0.508 e. The monoisotopic (exact) mass is 259 g/mol.